The Labute approximate surface area is 117 Å². The molecule has 3 N–H and O–H groups in total. The van der Waals surface area contributed by atoms with Crippen molar-refractivity contribution in [2.24, 2.45) is 5.92 Å². The van der Waals surface area contributed by atoms with E-state index in [9.17, 15) is 9.90 Å². The molecule has 1 unspecified atom stereocenters. The normalized spacial score (nSPS) is 29.1. The van der Waals surface area contributed by atoms with E-state index in [1.54, 1.807) is 11.3 Å². The van der Waals surface area contributed by atoms with Crippen molar-refractivity contribution >= 4 is 17.3 Å². The lowest BCUT2D eigenvalue weighted by Crippen LogP contribution is -2.45. The van der Waals surface area contributed by atoms with Gasteiger partial charge in [-0.3, -0.25) is 4.79 Å². The Morgan fingerprint density at radius 2 is 2.26 bits per heavy atom. The number of carboxylic acid groups (broad SMARTS) is 1. The molecule has 2 rings (SSSR count). The van der Waals surface area contributed by atoms with Crippen LogP contribution in [0.5, 0.6) is 0 Å². The van der Waals surface area contributed by atoms with Crippen molar-refractivity contribution in [1.82, 2.24) is 5.32 Å². The zero-order valence-electron chi connectivity index (χ0n) is 11.1. The van der Waals surface area contributed by atoms with Crippen LogP contribution in [0.4, 0.5) is 0 Å². The fourth-order valence-electron chi connectivity index (χ4n) is 2.56. The molecular formula is C14H21NO3S. The van der Waals surface area contributed by atoms with Crippen LogP contribution in [0.25, 0.3) is 0 Å². The number of aliphatic carboxylic acids is 1. The first-order chi connectivity index (χ1) is 9.00. The Hall–Kier alpha value is -0.910. The molecular weight excluding hydrogens is 262 g/mol. The minimum atomic E-state index is -0.753. The molecule has 1 heterocycles. The summed E-state index contributed by atoms with van der Waals surface area (Å²) in [5, 5.41) is 24.8. The summed E-state index contributed by atoms with van der Waals surface area (Å²) >= 11 is 1.70. The average Bonchev–Trinajstić information content (AvgIpc) is 2.90. The minimum Gasteiger partial charge on any atom is -0.481 e. The maximum Gasteiger partial charge on any atom is 0.306 e. The van der Waals surface area contributed by atoms with Crippen molar-refractivity contribution in [3.8, 4) is 0 Å². The van der Waals surface area contributed by atoms with Crippen LogP contribution in [0.2, 0.25) is 0 Å². The van der Waals surface area contributed by atoms with Gasteiger partial charge in [-0.05, 0) is 44.1 Å². The van der Waals surface area contributed by atoms with Crippen molar-refractivity contribution in [2.45, 2.75) is 44.2 Å². The largest absolute Gasteiger partial charge is 0.481 e. The number of rotatable bonds is 5. The Kier molecular flexibility index (Phi) is 4.60. The van der Waals surface area contributed by atoms with E-state index in [2.05, 4.69) is 18.3 Å². The van der Waals surface area contributed by atoms with E-state index < -0.39 is 11.6 Å². The van der Waals surface area contributed by atoms with Crippen LogP contribution in [0.1, 0.15) is 43.5 Å². The molecule has 1 atom stereocenters. The van der Waals surface area contributed by atoms with Gasteiger partial charge in [0.05, 0.1) is 11.5 Å². The number of aliphatic hydroxyl groups is 1. The lowest BCUT2D eigenvalue weighted by molar-refractivity contribution is -0.144. The third kappa shape index (κ3) is 3.78. The second kappa shape index (κ2) is 6.03. The van der Waals surface area contributed by atoms with E-state index in [0.717, 1.165) is 0 Å². The molecule has 1 aliphatic carbocycles. The van der Waals surface area contributed by atoms with Gasteiger partial charge in [0.2, 0.25) is 0 Å². The van der Waals surface area contributed by atoms with E-state index in [-0.39, 0.29) is 12.0 Å². The summed E-state index contributed by atoms with van der Waals surface area (Å²) in [4.78, 5) is 12.1. The number of carbonyl (C=O) groups is 1. The van der Waals surface area contributed by atoms with Crippen LogP contribution in [0.15, 0.2) is 17.5 Å². The van der Waals surface area contributed by atoms with E-state index in [0.29, 0.717) is 32.2 Å². The lowest BCUT2D eigenvalue weighted by Gasteiger charge is -2.35. The smallest absolute Gasteiger partial charge is 0.306 e. The number of nitrogens with one attached hydrogen (secondary N) is 1. The zero-order valence-corrected chi connectivity index (χ0v) is 11.9. The maximum atomic E-state index is 10.9. The van der Waals surface area contributed by atoms with Crippen LogP contribution in [-0.4, -0.2) is 28.3 Å². The number of thiophene rings is 1. The van der Waals surface area contributed by atoms with Crippen LogP contribution >= 0.6 is 11.3 Å². The molecule has 0 radical (unpaired) electrons. The highest BCUT2D eigenvalue weighted by atomic mass is 32.1. The fourth-order valence-corrected chi connectivity index (χ4v) is 3.32. The quantitative estimate of drug-likeness (QED) is 0.776. The predicted octanol–water partition coefficient (Wildman–Crippen LogP) is 2.40. The Morgan fingerprint density at radius 3 is 2.79 bits per heavy atom. The minimum absolute atomic E-state index is 0.223. The predicted molar refractivity (Wildman–Crippen MR) is 75.3 cm³/mol. The maximum absolute atomic E-state index is 10.9. The first-order valence-electron chi connectivity index (χ1n) is 6.72. The number of carboxylic acids is 1. The van der Waals surface area contributed by atoms with Gasteiger partial charge >= 0.3 is 5.97 Å². The van der Waals surface area contributed by atoms with E-state index in [1.807, 2.05) is 11.4 Å². The number of hydrogen-bond donors (Lipinski definition) is 3. The van der Waals surface area contributed by atoms with Crippen LogP contribution in [0, 0.1) is 5.92 Å². The van der Waals surface area contributed by atoms with E-state index >= 15 is 0 Å². The molecule has 0 bridgehead atoms. The van der Waals surface area contributed by atoms with Gasteiger partial charge in [0.15, 0.2) is 0 Å². The summed E-state index contributed by atoms with van der Waals surface area (Å²) in [5.74, 6) is -1.02. The molecule has 5 heteroatoms. The third-order valence-electron chi connectivity index (χ3n) is 3.97. The topological polar surface area (TPSA) is 69.6 Å². The molecule has 19 heavy (non-hydrogen) atoms. The molecule has 0 spiro atoms. The van der Waals surface area contributed by atoms with Crippen molar-refractivity contribution < 1.29 is 15.0 Å². The molecule has 1 saturated carbocycles. The van der Waals surface area contributed by atoms with Gasteiger partial charge in [0, 0.05) is 17.5 Å². The van der Waals surface area contributed by atoms with Gasteiger partial charge in [-0.15, -0.1) is 11.3 Å². The van der Waals surface area contributed by atoms with Crippen LogP contribution in [0.3, 0.4) is 0 Å². The zero-order chi connectivity index (χ0) is 13.9. The average molecular weight is 283 g/mol. The number of hydrogen-bond acceptors (Lipinski definition) is 4. The second-order valence-corrected chi connectivity index (χ2v) is 6.43. The standard InChI is InChI=1S/C14H21NO3S/c1-10(12-3-2-8-19-12)15-9-14(18)6-4-11(5-7-14)13(16)17/h2-3,8,10-11,15,18H,4-7,9H2,1H3,(H,16,17). The summed E-state index contributed by atoms with van der Waals surface area (Å²) in [5.41, 5.74) is -0.753. The van der Waals surface area contributed by atoms with Crippen molar-refractivity contribution in [1.29, 1.82) is 0 Å². The molecule has 0 amide bonds. The van der Waals surface area contributed by atoms with Gasteiger partial charge in [0.25, 0.3) is 0 Å². The molecule has 1 fully saturated rings. The molecule has 1 aromatic heterocycles. The molecule has 0 aliphatic heterocycles. The van der Waals surface area contributed by atoms with E-state index in [1.165, 1.54) is 4.88 Å². The third-order valence-corrected chi connectivity index (χ3v) is 5.03. The Balaban J connectivity index is 1.81. The summed E-state index contributed by atoms with van der Waals surface area (Å²) in [6.45, 7) is 2.61. The SMILES string of the molecule is CC(NCC1(O)CCC(C(=O)O)CC1)c1cccs1. The highest BCUT2D eigenvalue weighted by Crippen LogP contribution is 2.32. The summed E-state index contributed by atoms with van der Waals surface area (Å²) < 4.78 is 0. The first kappa shape index (κ1) is 14.5. The van der Waals surface area contributed by atoms with Gasteiger partial charge in [-0.25, -0.2) is 0 Å². The Bertz CT molecular complexity index is 410. The molecule has 0 aromatic carbocycles. The molecule has 1 aliphatic rings. The highest BCUT2D eigenvalue weighted by molar-refractivity contribution is 7.10. The second-order valence-electron chi connectivity index (χ2n) is 5.45. The molecule has 0 saturated heterocycles. The molecule has 106 valence electrons. The summed E-state index contributed by atoms with van der Waals surface area (Å²) in [6, 6.07) is 4.32. The van der Waals surface area contributed by atoms with Crippen molar-refractivity contribution in [3.63, 3.8) is 0 Å². The highest BCUT2D eigenvalue weighted by Gasteiger charge is 2.35. The van der Waals surface area contributed by atoms with E-state index in [4.69, 9.17) is 5.11 Å². The van der Waals surface area contributed by atoms with Gasteiger partial charge in [0.1, 0.15) is 0 Å². The van der Waals surface area contributed by atoms with Crippen molar-refractivity contribution in [2.75, 3.05) is 6.54 Å². The molecule has 4 nitrogen and oxygen atoms in total. The summed E-state index contributed by atoms with van der Waals surface area (Å²) in [6.07, 6.45) is 2.27. The van der Waals surface area contributed by atoms with Gasteiger partial charge in [-0.1, -0.05) is 6.07 Å². The monoisotopic (exact) mass is 283 g/mol. The molecule has 1 aromatic rings. The van der Waals surface area contributed by atoms with Crippen LogP contribution in [-0.2, 0) is 4.79 Å². The first-order valence-corrected chi connectivity index (χ1v) is 7.60. The lowest BCUT2D eigenvalue weighted by atomic mass is 9.78. The van der Waals surface area contributed by atoms with Gasteiger partial charge in [-0.2, -0.15) is 0 Å². The van der Waals surface area contributed by atoms with Crippen molar-refractivity contribution in [3.05, 3.63) is 22.4 Å². The van der Waals surface area contributed by atoms with Gasteiger partial charge < -0.3 is 15.5 Å². The Morgan fingerprint density at radius 1 is 1.58 bits per heavy atom. The fraction of sp³-hybridized carbons (Fsp3) is 0.643. The van der Waals surface area contributed by atoms with Crippen LogP contribution < -0.4 is 5.32 Å². The summed E-state index contributed by atoms with van der Waals surface area (Å²) in [7, 11) is 0.